The third kappa shape index (κ3) is 5.09. The van der Waals surface area contributed by atoms with E-state index in [1.54, 1.807) is 41.0 Å². The van der Waals surface area contributed by atoms with Crippen molar-refractivity contribution in [3.05, 3.63) is 95.3 Å². The second-order valence-electron chi connectivity index (χ2n) is 7.73. The van der Waals surface area contributed by atoms with Gasteiger partial charge in [-0.05, 0) is 48.9 Å². The van der Waals surface area contributed by atoms with Gasteiger partial charge in [-0.3, -0.25) is 9.59 Å². The van der Waals surface area contributed by atoms with Crippen molar-refractivity contribution in [2.45, 2.75) is 26.2 Å². The minimum atomic E-state index is -4.51. The van der Waals surface area contributed by atoms with Crippen molar-refractivity contribution in [2.75, 3.05) is 5.32 Å². The number of rotatable bonds is 6. The van der Waals surface area contributed by atoms with Crippen molar-refractivity contribution >= 4 is 28.5 Å². The summed E-state index contributed by atoms with van der Waals surface area (Å²) in [5.41, 5.74) is 1.86. The molecule has 174 valence electrons. The van der Waals surface area contributed by atoms with E-state index in [1.807, 2.05) is 19.1 Å². The Morgan fingerprint density at radius 1 is 0.971 bits per heavy atom. The van der Waals surface area contributed by atoms with E-state index in [1.165, 1.54) is 12.1 Å². The van der Waals surface area contributed by atoms with Crippen LogP contribution >= 0.6 is 0 Å². The molecule has 6 nitrogen and oxygen atoms in total. The fourth-order valence-electron chi connectivity index (χ4n) is 3.64. The lowest BCUT2D eigenvalue weighted by Gasteiger charge is -2.13. The standard InChI is InChI=1S/C25H21F3N4O2/c1-16-7-2-3-10-19(16)24(34)29-14-22-31-20-11-4-5-12-21(20)32(22)15-23(33)30-18-9-6-8-17(13-18)25(26,27)28/h2-13H,14-15H2,1H3,(H,29,34)(H,30,33). The third-order valence-electron chi connectivity index (χ3n) is 5.31. The van der Waals surface area contributed by atoms with Gasteiger partial charge >= 0.3 is 6.18 Å². The van der Waals surface area contributed by atoms with Crippen LogP contribution in [-0.2, 0) is 24.1 Å². The molecular formula is C25H21F3N4O2. The van der Waals surface area contributed by atoms with Crippen LogP contribution in [0.25, 0.3) is 11.0 Å². The Kier molecular flexibility index (Phi) is 6.36. The Hall–Kier alpha value is -4.14. The molecule has 34 heavy (non-hydrogen) atoms. The van der Waals surface area contributed by atoms with Crippen LogP contribution in [0.15, 0.2) is 72.8 Å². The van der Waals surface area contributed by atoms with Gasteiger partial charge in [0.2, 0.25) is 5.91 Å². The van der Waals surface area contributed by atoms with Crippen LogP contribution in [0.4, 0.5) is 18.9 Å². The molecule has 3 aromatic carbocycles. The monoisotopic (exact) mass is 466 g/mol. The highest BCUT2D eigenvalue weighted by Crippen LogP contribution is 2.30. The molecule has 0 fully saturated rings. The molecule has 0 unspecified atom stereocenters. The summed E-state index contributed by atoms with van der Waals surface area (Å²) in [6.07, 6.45) is -4.51. The molecule has 2 amide bonds. The molecular weight excluding hydrogens is 445 g/mol. The number of nitrogens with zero attached hydrogens (tertiary/aromatic N) is 2. The average Bonchev–Trinajstić information content (AvgIpc) is 3.14. The summed E-state index contributed by atoms with van der Waals surface area (Å²) in [5.74, 6) is -0.346. The normalized spacial score (nSPS) is 11.4. The van der Waals surface area contributed by atoms with E-state index in [-0.39, 0.29) is 24.7 Å². The van der Waals surface area contributed by atoms with Crippen molar-refractivity contribution in [3.8, 4) is 0 Å². The maximum absolute atomic E-state index is 13.0. The van der Waals surface area contributed by atoms with Crippen molar-refractivity contribution in [1.29, 1.82) is 0 Å². The molecule has 0 spiro atoms. The number of amides is 2. The molecule has 9 heteroatoms. The van der Waals surface area contributed by atoms with Gasteiger partial charge in [0, 0.05) is 11.3 Å². The van der Waals surface area contributed by atoms with E-state index in [9.17, 15) is 22.8 Å². The van der Waals surface area contributed by atoms with E-state index >= 15 is 0 Å². The molecule has 4 rings (SSSR count). The third-order valence-corrected chi connectivity index (χ3v) is 5.31. The maximum Gasteiger partial charge on any atom is 0.416 e. The largest absolute Gasteiger partial charge is 0.416 e. The number of carbonyl (C=O) groups excluding carboxylic acids is 2. The number of alkyl halides is 3. The summed E-state index contributed by atoms with van der Waals surface area (Å²) in [4.78, 5) is 29.9. The minimum absolute atomic E-state index is 0.0404. The molecule has 0 saturated heterocycles. The number of benzene rings is 3. The molecule has 0 atom stereocenters. The quantitative estimate of drug-likeness (QED) is 0.423. The average molecular weight is 466 g/mol. The first kappa shape index (κ1) is 23.0. The van der Waals surface area contributed by atoms with Crippen LogP contribution in [-0.4, -0.2) is 21.4 Å². The molecule has 0 aliphatic carbocycles. The highest BCUT2D eigenvalue weighted by atomic mass is 19.4. The summed E-state index contributed by atoms with van der Waals surface area (Å²) >= 11 is 0. The molecule has 0 aliphatic heterocycles. The van der Waals surface area contributed by atoms with E-state index in [0.717, 1.165) is 17.7 Å². The SMILES string of the molecule is Cc1ccccc1C(=O)NCc1nc2ccccc2n1CC(=O)Nc1cccc(C(F)(F)F)c1. The van der Waals surface area contributed by atoms with Crippen LogP contribution in [0.5, 0.6) is 0 Å². The molecule has 0 aliphatic rings. The van der Waals surface area contributed by atoms with Gasteiger partial charge in [-0.25, -0.2) is 4.98 Å². The van der Waals surface area contributed by atoms with Gasteiger partial charge in [-0.2, -0.15) is 13.2 Å². The maximum atomic E-state index is 13.0. The summed E-state index contributed by atoms with van der Waals surface area (Å²) in [6, 6.07) is 18.8. The van der Waals surface area contributed by atoms with Crippen LogP contribution in [0.1, 0.15) is 27.3 Å². The first-order valence-electron chi connectivity index (χ1n) is 10.5. The zero-order valence-corrected chi connectivity index (χ0v) is 18.2. The van der Waals surface area contributed by atoms with Gasteiger partial charge in [0.15, 0.2) is 0 Å². The summed E-state index contributed by atoms with van der Waals surface area (Å²) in [7, 11) is 0. The van der Waals surface area contributed by atoms with Crippen molar-refractivity contribution in [3.63, 3.8) is 0 Å². The number of aromatic nitrogens is 2. The van der Waals surface area contributed by atoms with Crippen LogP contribution in [0.2, 0.25) is 0 Å². The zero-order valence-electron chi connectivity index (χ0n) is 18.2. The van der Waals surface area contributed by atoms with E-state index in [4.69, 9.17) is 0 Å². The molecule has 1 heterocycles. The summed E-state index contributed by atoms with van der Waals surface area (Å²) < 4.78 is 40.6. The smallest absolute Gasteiger partial charge is 0.345 e. The predicted octanol–water partition coefficient (Wildman–Crippen LogP) is 4.93. The molecule has 0 bridgehead atoms. The van der Waals surface area contributed by atoms with Gasteiger partial charge in [0.05, 0.1) is 23.1 Å². The van der Waals surface area contributed by atoms with Crippen LogP contribution in [0, 0.1) is 6.92 Å². The highest BCUT2D eigenvalue weighted by Gasteiger charge is 2.30. The number of fused-ring (bicyclic) bond motifs is 1. The molecule has 2 N–H and O–H groups in total. The minimum Gasteiger partial charge on any atom is -0.345 e. The summed E-state index contributed by atoms with van der Waals surface area (Å²) in [6.45, 7) is 1.72. The number of para-hydroxylation sites is 2. The molecule has 4 aromatic rings. The van der Waals surface area contributed by atoms with Crippen LogP contribution in [0.3, 0.4) is 0 Å². The van der Waals surface area contributed by atoms with Crippen LogP contribution < -0.4 is 10.6 Å². The number of carbonyl (C=O) groups is 2. The number of aryl methyl sites for hydroxylation is 1. The Morgan fingerprint density at radius 3 is 2.47 bits per heavy atom. The molecule has 1 aromatic heterocycles. The van der Waals surface area contributed by atoms with Gasteiger partial charge < -0.3 is 15.2 Å². The lowest BCUT2D eigenvalue weighted by Crippen LogP contribution is -2.27. The number of hydrogen-bond acceptors (Lipinski definition) is 3. The Morgan fingerprint density at radius 2 is 1.71 bits per heavy atom. The van der Waals surface area contributed by atoms with Gasteiger partial charge in [0.1, 0.15) is 12.4 Å². The Labute approximate surface area is 193 Å². The van der Waals surface area contributed by atoms with Crippen molar-refractivity contribution < 1.29 is 22.8 Å². The first-order chi connectivity index (χ1) is 16.2. The van der Waals surface area contributed by atoms with Gasteiger partial charge in [0.25, 0.3) is 5.91 Å². The second-order valence-corrected chi connectivity index (χ2v) is 7.73. The highest BCUT2D eigenvalue weighted by molar-refractivity contribution is 5.95. The van der Waals surface area contributed by atoms with Gasteiger partial charge in [-0.15, -0.1) is 0 Å². The Balaban J connectivity index is 1.54. The molecule has 0 saturated carbocycles. The number of anilines is 1. The fourth-order valence-corrected chi connectivity index (χ4v) is 3.64. The van der Waals surface area contributed by atoms with E-state index in [2.05, 4.69) is 15.6 Å². The number of hydrogen-bond donors (Lipinski definition) is 2. The zero-order chi connectivity index (χ0) is 24.3. The first-order valence-corrected chi connectivity index (χ1v) is 10.5. The summed E-state index contributed by atoms with van der Waals surface area (Å²) in [5, 5.41) is 5.33. The van der Waals surface area contributed by atoms with Crippen molar-refractivity contribution in [2.24, 2.45) is 0 Å². The van der Waals surface area contributed by atoms with Gasteiger partial charge in [-0.1, -0.05) is 36.4 Å². The number of nitrogens with one attached hydrogen (secondary N) is 2. The van der Waals surface area contributed by atoms with E-state index in [0.29, 0.717) is 22.4 Å². The lowest BCUT2D eigenvalue weighted by molar-refractivity contribution is -0.137. The van der Waals surface area contributed by atoms with E-state index < -0.39 is 17.6 Å². The lowest BCUT2D eigenvalue weighted by atomic mass is 10.1. The molecule has 0 radical (unpaired) electrons. The van der Waals surface area contributed by atoms with Crippen molar-refractivity contribution in [1.82, 2.24) is 14.9 Å². The second kappa shape index (κ2) is 9.38. The number of imidazole rings is 1. The number of halogens is 3. The fraction of sp³-hybridized carbons (Fsp3) is 0.160. The topological polar surface area (TPSA) is 76.0 Å². The Bertz CT molecular complexity index is 1360. The predicted molar refractivity (Wildman–Crippen MR) is 122 cm³/mol.